The molecule has 0 aliphatic carbocycles. The summed E-state index contributed by atoms with van der Waals surface area (Å²) in [6, 6.07) is 16.3. The van der Waals surface area contributed by atoms with Crippen LogP contribution in [0.15, 0.2) is 59.7 Å². The van der Waals surface area contributed by atoms with E-state index in [2.05, 4.69) is 16.0 Å². The van der Waals surface area contributed by atoms with E-state index in [9.17, 15) is 4.79 Å². The van der Waals surface area contributed by atoms with Crippen molar-refractivity contribution >= 4 is 23.0 Å². The number of anilines is 2. The maximum atomic E-state index is 12.6. The molecule has 1 heterocycles. The van der Waals surface area contributed by atoms with Crippen LogP contribution in [0.3, 0.4) is 0 Å². The van der Waals surface area contributed by atoms with E-state index in [1.807, 2.05) is 61.5 Å². The Morgan fingerprint density at radius 3 is 2.52 bits per heavy atom. The number of carbonyl (C=O) groups is 1. The average molecular weight is 310 g/mol. The van der Waals surface area contributed by atoms with E-state index in [1.165, 1.54) is 5.01 Å². The quantitative estimate of drug-likeness (QED) is 0.832. The predicted octanol–water partition coefficient (Wildman–Crippen LogP) is 2.40. The number of hydrogen-bond donors (Lipinski definition) is 2. The Bertz CT molecular complexity index is 730. The van der Waals surface area contributed by atoms with Crippen LogP contribution < -0.4 is 20.6 Å². The molecule has 1 aliphatic heterocycles. The number of hydrazone groups is 1. The second-order valence-electron chi connectivity index (χ2n) is 5.13. The summed E-state index contributed by atoms with van der Waals surface area (Å²) in [4.78, 5) is 12.6. The Labute approximate surface area is 134 Å². The maximum absolute atomic E-state index is 12.6. The number of methoxy groups -OCH3 is 1. The second kappa shape index (κ2) is 6.50. The fraction of sp³-hybridized carbons (Fsp3) is 0.176. The van der Waals surface area contributed by atoms with Gasteiger partial charge in [0.2, 0.25) is 0 Å². The van der Waals surface area contributed by atoms with Gasteiger partial charge in [-0.3, -0.25) is 4.79 Å². The number of nitrogens with zero attached hydrogens (tertiary/aromatic N) is 2. The van der Waals surface area contributed by atoms with Gasteiger partial charge in [0.25, 0.3) is 5.91 Å². The van der Waals surface area contributed by atoms with Crippen LogP contribution in [0, 0.1) is 0 Å². The molecule has 6 nitrogen and oxygen atoms in total. The monoisotopic (exact) mass is 310 g/mol. The van der Waals surface area contributed by atoms with Crippen LogP contribution in [0.4, 0.5) is 11.4 Å². The number of benzene rings is 2. The fourth-order valence-corrected chi connectivity index (χ4v) is 2.38. The Morgan fingerprint density at radius 2 is 1.78 bits per heavy atom. The van der Waals surface area contributed by atoms with Gasteiger partial charge in [-0.2, -0.15) is 10.1 Å². The first kappa shape index (κ1) is 15.1. The molecule has 0 radical (unpaired) electrons. The molecule has 118 valence electrons. The van der Waals surface area contributed by atoms with Gasteiger partial charge in [-0.15, -0.1) is 0 Å². The molecule has 2 aromatic rings. The van der Waals surface area contributed by atoms with Gasteiger partial charge in [0.05, 0.1) is 24.2 Å². The van der Waals surface area contributed by atoms with Crippen molar-refractivity contribution in [2.75, 3.05) is 17.5 Å². The molecule has 2 N–H and O–H groups in total. The zero-order valence-corrected chi connectivity index (χ0v) is 13.0. The molecule has 1 aliphatic rings. The molecule has 1 atom stereocenters. The minimum Gasteiger partial charge on any atom is -0.495 e. The van der Waals surface area contributed by atoms with Crippen molar-refractivity contribution in [3.8, 4) is 5.75 Å². The first-order valence-electron chi connectivity index (χ1n) is 7.29. The second-order valence-corrected chi connectivity index (χ2v) is 5.13. The molecule has 23 heavy (non-hydrogen) atoms. The Morgan fingerprint density at radius 1 is 1.09 bits per heavy atom. The van der Waals surface area contributed by atoms with E-state index in [-0.39, 0.29) is 5.91 Å². The fourth-order valence-electron chi connectivity index (χ4n) is 2.38. The van der Waals surface area contributed by atoms with Gasteiger partial charge in [-0.05, 0) is 31.2 Å². The van der Waals surface area contributed by atoms with Crippen LogP contribution in [0.25, 0.3) is 0 Å². The van der Waals surface area contributed by atoms with Crippen LogP contribution in [-0.4, -0.2) is 24.8 Å². The minimum absolute atomic E-state index is 0.129. The lowest BCUT2D eigenvalue weighted by molar-refractivity contribution is -0.118. The van der Waals surface area contributed by atoms with Crippen molar-refractivity contribution in [1.82, 2.24) is 5.43 Å². The van der Waals surface area contributed by atoms with E-state index >= 15 is 0 Å². The highest BCUT2D eigenvalue weighted by atomic mass is 16.5. The minimum atomic E-state index is -0.528. The molecule has 0 aromatic heterocycles. The topological polar surface area (TPSA) is 66.0 Å². The van der Waals surface area contributed by atoms with Crippen LogP contribution in [0.5, 0.6) is 5.75 Å². The van der Waals surface area contributed by atoms with Gasteiger partial charge in [-0.25, -0.2) is 5.43 Å². The number of nitrogens with one attached hydrogen (secondary N) is 2. The highest BCUT2D eigenvalue weighted by molar-refractivity contribution is 6.18. The lowest BCUT2D eigenvalue weighted by Gasteiger charge is -2.17. The van der Waals surface area contributed by atoms with Gasteiger partial charge in [0.1, 0.15) is 11.8 Å². The van der Waals surface area contributed by atoms with Crippen molar-refractivity contribution in [1.29, 1.82) is 0 Å². The number of hydrazine groups is 1. The molecule has 1 unspecified atom stereocenters. The van der Waals surface area contributed by atoms with Gasteiger partial charge < -0.3 is 10.2 Å². The molecular formula is C17H18N4O2. The largest absolute Gasteiger partial charge is 0.495 e. The molecular weight excluding hydrogens is 292 g/mol. The lowest BCUT2D eigenvalue weighted by Crippen LogP contribution is -2.45. The summed E-state index contributed by atoms with van der Waals surface area (Å²) in [6.07, 6.45) is 0. The first-order valence-corrected chi connectivity index (χ1v) is 7.29. The molecule has 6 heteroatoms. The number of para-hydroxylation sites is 3. The highest BCUT2D eigenvalue weighted by Gasteiger charge is 2.34. The summed E-state index contributed by atoms with van der Waals surface area (Å²) >= 11 is 0. The number of ether oxygens (including phenoxy) is 1. The maximum Gasteiger partial charge on any atom is 0.272 e. The Kier molecular flexibility index (Phi) is 4.25. The summed E-state index contributed by atoms with van der Waals surface area (Å²) in [6.45, 7) is 1.82. The average Bonchev–Trinajstić information content (AvgIpc) is 2.88. The molecule has 0 bridgehead atoms. The van der Waals surface area contributed by atoms with Crippen molar-refractivity contribution in [2.24, 2.45) is 5.10 Å². The van der Waals surface area contributed by atoms with Gasteiger partial charge in [0.15, 0.2) is 0 Å². The molecule has 1 amide bonds. The number of amides is 1. The van der Waals surface area contributed by atoms with Crippen molar-refractivity contribution < 1.29 is 9.53 Å². The Hall–Kier alpha value is -2.86. The summed E-state index contributed by atoms with van der Waals surface area (Å²) in [5, 5.41) is 5.76. The van der Waals surface area contributed by atoms with Gasteiger partial charge in [0, 0.05) is 0 Å². The molecule has 2 aromatic carbocycles. The Balaban J connectivity index is 1.72. The van der Waals surface area contributed by atoms with Crippen molar-refractivity contribution in [3.05, 3.63) is 54.6 Å². The van der Waals surface area contributed by atoms with E-state index in [1.54, 1.807) is 7.11 Å². The number of hydrogen-bond acceptors (Lipinski definition) is 5. The zero-order valence-electron chi connectivity index (χ0n) is 13.0. The predicted molar refractivity (Wildman–Crippen MR) is 90.6 cm³/mol. The highest BCUT2D eigenvalue weighted by Crippen LogP contribution is 2.23. The SMILES string of the molecule is COc1ccccc1NNC1C(=O)N(c2ccccc2)N=C1C. The molecule has 0 fully saturated rings. The summed E-state index contributed by atoms with van der Waals surface area (Å²) < 4.78 is 5.28. The standard InChI is InChI=1S/C17H18N4O2/c1-12-16(19-18-14-10-6-7-11-15(14)23-2)17(22)21(20-12)13-8-4-3-5-9-13/h3-11,16,18-19H,1-2H3. The van der Waals surface area contributed by atoms with Gasteiger partial charge in [-0.1, -0.05) is 30.3 Å². The molecule has 0 spiro atoms. The number of carbonyl (C=O) groups excluding carboxylic acids is 1. The normalized spacial score (nSPS) is 17.1. The third-order valence-electron chi connectivity index (χ3n) is 3.59. The van der Waals surface area contributed by atoms with Crippen LogP contribution >= 0.6 is 0 Å². The van der Waals surface area contributed by atoms with Crippen molar-refractivity contribution in [2.45, 2.75) is 13.0 Å². The van der Waals surface area contributed by atoms with Gasteiger partial charge >= 0.3 is 0 Å². The number of rotatable bonds is 5. The smallest absolute Gasteiger partial charge is 0.272 e. The summed E-state index contributed by atoms with van der Waals surface area (Å²) in [7, 11) is 1.60. The lowest BCUT2D eigenvalue weighted by atomic mass is 10.2. The third kappa shape index (κ3) is 3.02. The van der Waals surface area contributed by atoms with Crippen molar-refractivity contribution in [3.63, 3.8) is 0 Å². The van der Waals surface area contributed by atoms with E-state index in [4.69, 9.17) is 4.74 Å². The zero-order chi connectivity index (χ0) is 16.2. The molecule has 3 rings (SSSR count). The van der Waals surface area contributed by atoms with E-state index in [0.29, 0.717) is 11.5 Å². The van der Waals surface area contributed by atoms with Crippen LogP contribution in [0.2, 0.25) is 0 Å². The molecule has 0 saturated heterocycles. The summed E-state index contributed by atoms with van der Waals surface area (Å²) in [5.74, 6) is 0.566. The van der Waals surface area contributed by atoms with E-state index in [0.717, 1.165) is 11.4 Å². The third-order valence-corrected chi connectivity index (χ3v) is 3.59. The molecule has 0 saturated carbocycles. The van der Waals surface area contributed by atoms with E-state index < -0.39 is 6.04 Å². The first-order chi connectivity index (χ1) is 11.2. The van der Waals surface area contributed by atoms with Crippen LogP contribution in [-0.2, 0) is 4.79 Å². The summed E-state index contributed by atoms with van der Waals surface area (Å²) in [5.41, 5.74) is 8.26. The van der Waals surface area contributed by atoms with Crippen LogP contribution in [0.1, 0.15) is 6.92 Å².